The standard InChI is InChI=1S/C26H34N8O4/c1-16(2)10-12-33-21-22(30-25(33)32-11-6-8-18(27)14-32)31(4)26(38)34(23(21)36)15-20(35)17-7-5-9-19(13-17)29-24(37)28-3/h5,7,9-10,13,18H,6,8,11-12,14-15,27H2,1-4H3,(H2,28,29,37). The Balaban J connectivity index is 1.80. The van der Waals surface area contributed by atoms with Crippen molar-refractivity contribution < 1.29 is 9.59 Å². The summed E-state index contributed by atoms with van der Waals surface area (Å²) in [5.74, 6) is 0.138. The molecular weight excluding hydrogens is 488 g/mol. The summed E-state index contributed by atoms with van der Waals surface area (Å²) in [6.07, 6.45) is 3.80. The summed E-state index contributed by atoms with van der Waals surface area (Å²) >= 11 is 0. The van der Waals surface area contributed by atoms with Crippen LogP contribution in [0.15, 0.2) is 45.5 Å². The van der Waals surface area contributed by atoms with E-state index in [4.69, 9.17) is 10.7 Å². The molecule has 3 aromatic rings. The third kappa shape index (κ3) is 5.40. The highest BCUT2D eigenvalue weighted by Crippen LogP contribution is 2.23. The number of ketones is 1. The lowest BCUT2D eigenvalue weighted by Crippen LogP contribution is -2.44. The fourth-order valence-electron chi connectivity index (χ4n) is 4.58. The van der Waals surface area contributed by atoms with Gasteiger partial charge in [-0.2, -0.15) is 4.98 Å². The van der Waals surface area contributed by atoms with Gasteiger partial charge in [0.2, 0.25) is 5.95 Å². The number of rotatable bonds is 7. The van der Waals surface area contributed by atoms with Gasteiger partial charge in [-0.25, -0.2) is 9.59 Å². The third-order valence-electron chi connectivity index (χ3n) is 6.61. The number of Topliss-reactive ketones (excluding diaryl/α,β-unsaturated/α-hetero) is 1. The largest absolute Gasteiger partial charge is 0.341 e. The molecule has 1 atom stereocenters. The second-order valence-electron chi connectivity index (χ2n) is 9.77. The van der Waals surface area contributed by atoms with Crippen molar-refractivity contribution in [3.05, 3.63) is 62.3 Å². The van der Waals surface area contributed by atoms with Crippen LogP contribution in [0, 0.1) is 0 Å². The van der Waals surface area contributed by atoms with Gasteiger partial charge in [0, 0.05) is 51.0 Å². The van der Waals surface area contributed by atoms with E-state index >= 15 is 0 Å². The van der Waals surface area contributed by atoms with Crippen molar-refractivity contribution in [2.75, 3.05) is 30.4 Å². The molecule has 1 aromatic carbocycles. The second kappa shape index (κ2) is 11.1. The number of fused-ring (bicyclic) bond motifs is 1. The van der Waals surface area contributed by atoms with E-state index in [1.165, 1.54) is 17.7 Å². The number of imidazole rings is 1. The number of benzene rings is 1. The fourth-order valence-corrected chi connectivity index (χ4v) is 4.58. The summed E-state index contributed by atoms with van der Waals surface area (Å²) in [5.41, 5.74) is 7.25. The van der Waals surface area contributed by atoms with Crippen LogP contribution in [0.5, 0.6) is 0 Å². The minimum absolute atomic E-state index is 0.00720. The highest BCUT2D eigenvalue weighted by Gasteiger charge is 2.26. The zero-order valence-corrected chi connectivity index (χ0v) is 22.2. The van der Waals surface area contributed by atoms with Crippen molar-refractivity contribution in [2.24, 2.45) is 12.8 Å². The van der Waals surface area contributed by atoms with Crippen molar-refractivity contribution in [1.29, 1.82) is 0 Å². The Morgan fingerprint density at radius 3 is 2.66 bits per heavy atom. The number of aryl methyl sites for hydroxylation is 1. The van der Waals surface area contributed by atoms with E-state index in [9.17, 15) is 19.2 Å². The van der Waals surface area contributed by atoms with Crippen molar-refractivity contribution >= 4 is 34.6 Å². The second-order valence-corrected chi connectivity index (χ2v) is 9.77. The van der Waals surface area contributed by atoms with E-state index in [0.717, 1.165) is 29.5 Å². The molecular formula is C26H34N8O4. The Morgan fingerprint density at radius 1 is 1.21 bits per heavy atom. The number of hydrogen-bond acceptors (Lipinski definition) is 7. The number of anilines is 2. The summed E-state index contributed by atoms with van der Waals surface area (Å²) in [4.78, 5) is 58.6. The number of piperidine rings is 1. The van der Waals surface area contributed by atoms with E-state index < -0.39 is 29.6 Å². The van der Waals surface area contributed by atoms with Gasteiger partial charge in [0.15, 0.2) is 16.9 Å². The van der Waals surface area contributed by atoms with Crippen LogP contribution >= 0.6 is 0 Å². The molecule has 0 radical (unpaired) electrons. The lowest BCUT2D eigenvalue weighted by molar-refractivity contribution is 0.0969. The summed E-state index contributed by atoms with van der Waals surface area (Å²) in [7, 11) is 3.03. The van der Waals surface area contributed by atoms with Crippen molar-refractivity contribution in [1.82, 2.24) is 24.0 Å². The monoisotopic (exact) mass is 522 g/mol. The zero-order valence-electron chi connectivity index (χ0n) is 22.2. The maximum atomic E-state index is 13.8. The fraction of sp³-hybridized carbons (Fsp3) is 0.423. The third-order valence-corrected chi connectivity index (χ3v) is 6.61. The molecule has 1 unspecified atom stereocenters. The lowest BCUT2D eigenvalue weighted by Gasteiger charge is -2.31. The van der Waals surface area contributed by atoms with Crippen LogP contribution in [0.2, 0.25) is 0 Å². The molecule has 202 valence electrons. The van der Waals surface area contributed by atoms with Crippen molar-refractivity contribution in [3.8, 4) is 0 Å². The normalized spacial score (nSPS) is 15.4. The van der Waals surface area contributed by atoms with E-state index in [0.29, 0.717) is 24.7 Å². The highest BCUT2D eigenvalue weighted by molar-refractivity contribution is 5.98. The molecule has 2 amide bonds. The number of amides is 2. The van der Waals surface area contributed by atoms with E-state index in [1.807, 2.05) is 19.9 Å². The highest BCUT2D eigenvalue weighted by atomic mass is 16.2. The maximum Gasteiger partial charge on any atom is 0.332 e. The smallest absolute Gasteiger partial charge is 0.332 e. The Hall–Kier alpha value is -4.19. The molecule has 0 saturated carbocycles. The van der Waals surface area contributed by atoms with Gasteiger partial charge in [-0.1, -0.05) is 23.8 Å². The summed E-state index contributed by atoms with van der Waals surface area (Å²) in [5, 5.41) is 5.05. The molecule has 1 fully saturated rings. The molecule has 12 nitrogen and oxygen atoms in total. The topological polar surface area (TPSA) is 149 Å². The first-order valence-electron chi connectivity index (χ1n) is 12.6. The van der Waals surface area contributed by atoms with E-state index in [2.05, 4.69) is 15.5 Å². The van der Waals surface area contributed by atoms with Crippen LogP contribution in [-0.4, -0.2) is 56.7 Å². The molecule has 0 bridgehead atoms. The summed E-state index contributed by atoms with van der Waals surface area (Å²) in [6.45, 7) is 5.20. The van der Waals surface area contributed by atoms with Gasteiger partial charge in [0.1, 0.15) is 0 Å². The Kier molecular flexibility index (Phi) is 7.81. The van der Waals surface area contributed by atoms with Crippen LogP contribution in [0.1, 0.15) is 37.0 Å². The molecule has 2 aromatic heterocycles. The first-order valence-corrected chi connectivity index (χ1v) is 12.6. The van der Waals surface area contributed by atoms with Gasteiger partial charge in [0.05, 0.1) is 6.54 Å². The number of nitrogens with two attached hydrogens (primary N) is 1. The molecule has 4 N–H and O–H groups in total. The van der Waals surface area contributed by atoms with E-state index in [1.54, 1.807) is 29.8 Å². The average Bonchev–Trinajstić information content (AvgIpc) is 3.28. The van der Waals surface area contributed by atoms with Gasteiger partial charge in [-0.15, -0.1) is 0 Å². The SMILES string of the molecule is CNC(=O)Nc1cccc(C(=O)Cn2c(=O)c3c(nc(N4CCCC(N)C4)n3CC=C(C)C)n(C)c2=O)c1. The first-order chi connectivity index (χ1) is 18.1. The predicted octanol–water partition coefficient (Wildman–Crippen LogP) is 1.42. The number of urea groups is 1. The molecule has 3 heterocycles. The number of allylic oxidation sites excluding steroid dienone is 2. The van der Waals surface area contributed by atoms with Gasteiger partial charge < -0.3 is 25.8 Å². The number of hydrogen-bond donors (Lipinski definition) is 3. The number of nitrogens with zero attached hydrogens (tertiary/aromatic N) is 5. The molecule has 38 heavy (non-hydrogen) atoms. The lowest BCUT2D eigenvalue weighted by atomic mass is 10.1. The Bertz CT molecular complexity index is 1530. The number of nitrogens with one attached hydrogen (secondary N) is 2. The van der Waals surface area contributed by atoms with Gasteiger partial charge >= 0.3 is 11.7 Å². The Morgan fingerprint density at radius 2 is 1.97 bits per heavy atom. The van der Waals surface area contributed by atoms with Crippen LogP contribution in [-0.2, 0) is 20.1 Å². The predicted molar refractivity (Wildman–Crippen MR) is 147 cm³/mol. The van der Waals surface area contributed by atoms with Gasteiger partial charge in [-0.05, 0) is 38.8 Å². The van der Waals surface area contributed by atoms with Crippen molar-refractivity contribution in [2.45, 2.75) is 45.8 Å². The van der Waals surface area contributed by atoms with E-state index in [-0.39, 0.29) is 22.8 Å². The van der Waals surface area contributed by atoms with Crippen LogP contribution in [0.3, 0.4) is 0 Å². The Labute approximate surface area is 219 Å². The summed E-state index contributed by atoms with van der Waals surface area (Å²) in [6, 6.07) is 5.89. The maximum absolute atomic E-state index is 13.8. The van der Waals surface area contributed by atoms with Crippen molar-refractivity contribution in [3.63, 3.8) is 0 Å². The number of carbonyl (C=O) groups is 2. The van der Waals surface area contributed by atoms with Crippen LogP contribution < -0.4 is 32.5 Å². The molecule has 12 heteroatoms. The van der Waals surface area contributed by atoms with Gasteiger partial charge in [0.25, 0.3) is 5.56 Å². The molecule has 1 aliphatic heterocycles. The average molecular weight is 523 g/mol. The first kappa shape index (κ1) is 26.9. The molecule has 0 spiro atoms. The minimum Gasteiger partial charge on any atom is -0.341 e. The van der Waals surface area contributed by atoms with Crippen LogP contribution in [0.25, 0.3) is 11.2 Å². The quantitative estimate of drug-likeness (QED) is 0.314. The zero-order chi connectivity index (χ0) is 27.6. The molecule has 0 aliphatic carbocycles. The molecule has 4 rings (SSSR count). The molecule has 1 aliphatic rings. The summed E-state index contributed by atoms with van der Waals surface area (Å²) < 4.78 is 4.05. The van der Waals surface area contributed by atoms with Gasteiger partial charge in [-0.3, -0.25) is 18.7 Å². The minimum atomic E-state index is -0.635. The number of carbonyl (C=O) groups excluding carboxylic acids is 2. The van der Waals surface area contributed by atoms with Crippen LogP contribution in [0.4, 0.5) is 16.4 Å². The number of aromatic nitrogens is 4. The molecule has 1 saturated heterocycles.